The fourth-order valence-electron chi connectivity index (χ4n) is 1.58. The molecule has 4 nitrogen and oxygen atoms in total. The Morgan fingerprint density at radius 1 is 1.29 bits per heavy atom. The van der Waals surface area contributed by atoms with E-state index in [0.717, 1.165) is 20.8 Å². The van der Waals surface area contributed by atoms with Crippen LogP contribution in [0.1, 0.15) is 5.56 Å². The Hall–Kier alpha value is -1.53. The van der Waals surface area contributed by atoms with Crippen molar-refractivity contribution < 1.29 is 9.53 Å². The molecule has 110 valence electrons. The van der Waals surface area contributed by atoms with E-state index in [1.54, 1.807) is 13.3 Å². The van der Waals surface area contributed by atoms with Gasteiger partial charge in [-0.1, -0.05) is 23.9 Å². The number of thioether (sulfide) groups is 1. The van der Waals surface area contributed by atoms with Gasteiger partial charge in [0.15, 0.2) is 0 Å². The van der Waals surface area contributed by atoms with E-state index in [0.29, 0.717) is 12.3 Å². The molecule has 0 unspecified atom stereocenters. The Morgan fingerprint density at radius 3 is 2.67 bits per heavy atom. The molecular formula is C15H15BrN2O2S. The molecule has 1 aromatic carbocycles. The van der Waals surface area contributed by atoms with Crippen molar-refractivity contribution in [2.75, 3.05) is 12.9 Å². The van der Waals surface area contributed by atoms with Gasteiger partial charge in [-0.25, -0.2) is 4.98 Å². The second-order valence-corrected chi connectivity index (χ2v) is 6.14. The highest BCUT2D eigenvalue weighted by Crippen LogP contribution is 2.17. The molecule has 1 heterocycles. The number of carbonyl (C=O) groups excluding carboxylic acids is 1. The summed E-state index contributed by atoms with van der Waals surface area (Å²) in [7, 11) is 1.63. The first-order chi connectivity index (χ1) is 10.2. The van der Waals surface area contributed by atoms with E-state index < -0.39 is 0 Å². The molecule has 0 bridgehead atoms. The smallest absolute Gasteiger partial charge is 0.230 e. The number of pyridine rings is 1. The van der Waals surface area contributed by atoms with Crippen molar-refractivity contribution in [3.63, 3.8) is 0 Å². The van der Waals surface area contributed by atoms with Gasteiger partial charge in [0.25, 0.3) is 0 Å². The van der Waals surface area contributed by atoms with Crippen molar-refractivity contribution in [2.45, 2.75) is 11.6 Å². The van der Waals surface area contributed by atoms with Crippen molar-refractivity contribution >= 4 is 33.6 Å². The minimum absolute atomic E-state index is 0.0134. The first-order valence-corrected chi connectivity index (χ1v) is 8.09. The average Bonchev–Trinajstić information content (AvgIpc) is 2.53. The molecule has 0 fully saturated rings. The largest absolute Gasteiger partial charge is 0.497 e. The molecule has 0 spiro atoms. The summed E-state index contributed by atoms with van der Waals surface area (Å²) < 4.78 is 6.02. The molecule has 0 aliphatic rings. The summed E-state index contributed by atoms with van der Waals surface area (Å²) in [6.07, 6.45) is 1.72. The molecule has 0 aliphatic heterocycles. The molecule has 2 rings (SSSR count). The monoisotopic (exact) mass is 366 g/mol. The van der Waals surface area contributed by atoms with Crippen LogP contribution in [0.2, 0.25) is 0 Å². The van der Waals surface area contributed by atoms with E-state index in [2.05, 4.69) is 26.2 Å². The number of hydrogen-bond acceptors (Lipinski definition) is 4. The summed E-state index contributed by atoms with van der Waals surface area (Å²) in [5.74, 6) is 1.15. The highest BCUT2D eigenvalue weighted by atomic mass is 79.9. The van der Waals surface area contributed by atoms with Crippen LogP contribution in [-0.4, -0.2) is 23.8 Å². The standard InChI is InChI=1S/C15H15BrN2O2S/c1-20-13-5-2-11(3-6-13)8-17-14(19)10-21-15-7-4-12(16)9-18-15/h2-7,9H,8,10H2,1H3,(H,17,19). The van der Waals surface area contributed by atoms with Crippen LogP contribution in [0, 0.1) is 0 Å². The van der Waals surface area contributed by atoms with Crippen molar-refractivity contribution in [3.05, 3.63) is 52.6 Å². The minimum atomic E-state index is -0.0134. The quantitative estimate of drug-likeness (QED) is 0.797. The lowest BCUT2D eigenvalue weighted by Gasteiger charge is -2.06. The van der Waals surface area contributed by atoms with Crippen molar-refractivity contribution in [1.82, 2.24) is 10.3 Å². The number of halogens is 1. The third kappa shape index (κ3) is 5.40. The zero-order valence-corrected chi connectivity index (χ0v) is 13.9. The van der Waals surface area contributed by atoms with Gasteiger partial charge in [0.2, 0.25) is 5.91 Å². The van der Waals surface area contributed by atoms with Gasteiger partial charge in [0.1, 0.15) is 5.75 Å². The SMILES string of the molecule is COc1ccc(CNC(=O)CSc2ccc(Br)cn2)cc1. The van der Waals surface area contributed by atoms with E-state index in [9.17, 15) is 4.79 Å². The summed E-state index contributed by atoms with van der Waals surface area (Å²) in [5, 5.41) is 3.71. The molecule has 0 saturated heterocycles. The van der Waals surface area contributed by atoms with Gasteiger partial charge in [-0.2, -0.15) is 0 Å². The maximum Gasteiger partial charge on any atom is 0.230 e. The molecule has 1 N–H and O–H groups in total. The number of carbonyl (C=O) groups is 1. The Balaban J connectivity index is 1.75. The lowest BCUT2D eigenvalue weighted by molar-refractivity contribution is -0.118. The predicted molar refractivity (Wildman–Crippen MR) is 87.5 cm³/mol. The van der Waals surface area contributed by atoms with Gasteiger partial charge in [0.05, 0.1) is 17.9 Å². The Labute approximate surface area is 136 Å². The molecule has 1 amide bonds. The first-order valence-electron chi connectivity index (χ1n) is 6.31. The minimum Gasteiger partial charge on any atom is -0.497 e. The van der Waals surface area contributed by atoms with Crippen LogP contribution in [0.15, 0.2) is 52.1 Å². The highest BCUT2D eigenvalue weighted by molar-refractivity contribution is 9.10. The van der Waals surface area contributed by atoms with Crippen LogP contribution in [0.3, 0.4) is 0 Å². The molecule has 0 saturated carbocycles. The van der Waals surface area contributed by atoms with Crippen LogP contribution in [0.25, 0.3) is 0 Å². The van der Waals surface area contributed by atoms with Gasteiger partial charge in [-0.3, -0.25) is 4.79 Å². The molecular weight excluding hydrogens is 352 g/mol. The van der Waals surface area contributed by atoms with Crippen molar-refractivity contribution in [3.8, 4) is 5.75 Å². The number of hydrogen-bond donors (Lipinski definition) is 1. The fraction of sp³-hybridized carbons (Fsp3) is 0.200. The molecule has 0 radical (unpaired) electrons. The number of aromatic nitrogens is 1. The van der Waals surface area contributed by atoms with Gasteiger partial charge >= 0.3 is 0 Å². The average molecular weight is 367 g/mol. The lowest BCUT2D eigenvalue weighted by atomic mass is 10.2. The number of amides is 1. The van der Waals surface area contributed by atoms with Crippen LogP contribution in [-0.2, 0) is 11.3 Å². The highest BCUT2D eigenvalue weighted by Gasteiger charge is 2.04. The van der Waals surface area contributed by atoms with E-state index >= 15 is 0 Å². The summed E-state index contributed by atoms with van der Waals surface area (Å²) in [5.41, 5.74) is 1.04. The summed E-state index contributed by atoms with van der Waals surface area (Å²) in [4.78, 5) is 16.0. The van der Waals surface area contributed by atoms with E-state index in [-0.39, 0.29) is 5.91 Å². The molecule has 0 aliphatic carbocycles. The number of ether oxygens (including phenoxy) is 1. The van der Waals surface area contributed by atoms with Crippen LogP contribution in [0.4, 0.5) is 0 Å². The number of rotatable bonds is 6. The number of nitrogens with zero attached hydrogens (tertiary/aromatic N) is 1. The molecule has 0 atom stereocenters. The normalized spacial score (nSPS) is 10.2. The van der Waals surface area contributed by atoms with Gasteiger partial charge in [0, 0.05) is 17.2 Å². The fourth-order valence-corrected chi connectivity index (χ4v) is 2.49. The molecule has 2 aromatic rings. The topological polar surface area (TPSA) is 51.2 Å². The van der Waals surface area contributed by atoms with Crippen LogP contribution in [0.5, 0.6) is 5.75 Å². The second kappa shape index (κ2) is 8.05. The lowest BCUT2D eigenvalue weighted by Crippen LogP contribution is -2.24. The predicted octanol–water partition coefficient (Wildman–Crippen LogP) is 3.26. The molecule has 21 heavy (non-hydrogen) atoms. The first kappa shape index (κ1) is 15.9. The van der Waals surface area contributed by atoms with Crippen LogP contribution >= 0.6 is 27.7 Å². The second-order valence-electron chi connectivity index (χ2n) is 4.23. The Morgan fingerprint density at radius 2 is 2.05 bits per heavy atom. The molecule has 6 heteroatoms. The Bertz CT molecular complexity index is 588. The number of methoxy groups -OCH3 is 1. The van der Waals surface area contributed by atoms with Crippen molar-refractivity contribution in [2.24, 2.45) is 0 Å². The zero-order valence-electron chi connectivity index (χ0n) is 11.5. The van der Waals surface area contributed by atoms with Gasteiger partial charge in [-0.15, -0.1) is 0 Å². The Kier molecular flexibility index (Phi) is 6.07. The number of benzene rings is 1. The van der Waals surface area contributed by atoms with Crippen molar-refractivity contribution in [1.29, 1.82) is 0 Å². The maximum absolute atomic E-state index is 11.8. The van der Waals surface area contributed by atoms with Gasteiger partial charge < -0.3 is 10.1 Å². The van der Waals surface area contributed by atoms with Crippen LogP contribution < -0.4 is 10.1 Å². The summed E-state index contributed by atoms with van der Waals surface area (Å²) in [6.45, 7) is 0.511. The van der Waals surface area contributed by atoms with E-state index in [1.165, 1.54) is 11.8 Å². The van der Waals surface area contributed by atoms with E-state index in [4.69, 9.17) is 4.74 Å². The summed E-state index contributed by atoms with van der Waals surface area (Å²) in [6, 6.07) is 11.4. The summed E-state index contributed by atoms with van der Waals surface area (Å²) >= 11 is 4.74. The van der Waals surface area contributed by atoms with Gasteiger partial charge in [-0.05, 0) is 45.8 Å². The molecule has 1 aromatic heterocycles. The maximum atomic E-state index is 11.8. The third-order valence-electron chi connectivity index (χ3n) is 2.70. The third-order valence-corrected chi connectivity index (χ3v) is 4.11. The van der Waals surface area contributed by atoms with E-state index in [1.807, 2.05) is 36.4 Å². The zero-order chi connectivity index (χ0) is 15.1. The number of nitrogens with one attached hydrogen (secondary N) is 1.